The van der Waals surface area contributed by atoms with Crippen molar-refractivity contribution in [3.05, 3.63) is 29.1 Å². The smallest absolute Gasteiger partial charge is 0.0574 e. The van der Waals surface area contributed by atoms with Gasteiger partial charge < -0.3 is 5.73 Å². The van der Waals surface area contributed by atoms with Gasteiger partial charge in [-0.1, -0.05) is 26.7 Å². The molecule has 0 bridgehead atoms. The Morgan fingerprint density at radius 2 is 1.93 bits per heavy atom. The molecule has 0 aliphatic rings. The van der Waals surface area contributed by atoms with Crippen LogP contribution < -0.4 is 5.73 Å². The van der Waals surface area contributed by atoms with E-state index in [1.165, 1.54) is 17.5 Å². The highest BCUT2D eigenvalue weighted by atomic mass is 14.7. The van der Waals surface area contributed by atoms with E-state index >= 15 is 0 Å². The van der Waals surface area contributed by atoms with Crippen LogP contribution >= 0.6 is 0 Å². The molecule has 1 aromatic heterocycles. The zero-order chi connectivity index (χ0) is 10.4. The molecule has 0 radical (unpaired) electrons. The van der Waals surface area contributed by atoms with E-state index in [1.54, 1.807) is 0 Å². The van der Waals surface area contributed by atoms with E-state index in [9.17, 15) is 0 Å². The molecule has 0 saturated carbocycles. The number of hydrogen-bond acceptors (Lipinski definition) is 2. The Hall–Kier alpha value is -0.890. The minimum atomic E-state index is 0.562. The maximum absolute atomic E-state index is 5.68. The van der Waals surface area contributed by atoms with E-state index in [1.807, 2.05) is 6.20 Å². The van der Waals surface area contributed by atoms with Gasteiger partial charge in [0.2, 0.25) is 0 Å². The van der Waals surface area contributed by atoms with Crippen LogP contribution in [-0.4, -0.2) is 4.98 Å². The van der Waals surface area contributed by atoms with Crippen LogP contribution in [0.1, 0.15) is 43.5 Å². The van der Waals surface area contributed by atoms with Crippen LogP contribution in [0.25, 0.3) is 0 Å². The summed E-state index contributed by atoms with van der Waals surface area (Å²) in [4.78, 5) is 4.33. The van der Waals surface area contributed by atoms with Crippen LogP contribution in [0.2, 0.25) is 0 Å². The molecule has 14 heavy (non-hydrogen) atoms. The first kappa shape index (κ1) is 11.2. The minimum Gasteiger partial charge on any atom is -0.325 e. The highest BCUT2D eigenvalue weighted by Crippen LogP contribution is 2.16. The van der Waals surface area contributed by atoms with Gasteiger partial charge in [-0.05, 0) is 30.0 Å². The van der Waals surface area contributed by atoms with Gasteiger partial charge in [-0.2, -0.15) is 0 Å². The van der Waals surface area contributed by atoms with Gasteiger partial charge in [-0.25, -0.2) is 0 Å². The first-order valence-corrected chi connectivity index (χ1v) is 5.49. The van der Waals surface area contributed by atoms with Gasteiger partial charge in [0, 0.05) is 12.7 Å². The Morgan fingerprint density at radius 3 is 2.50 bits per heavy atom. The molecule has 0 spiro atoms. The lowest BCUT2D eigenvalue weighted by Crippen LogP contribution is -2.07. The number of aryl methyl sites for hydroxylation is 1. The second-order valence-corrected chi connectivity index (χ2v) is 3.60. The third-order valence-electron chi connectivity index (χ3n) is 2.45. The standard InChI is InChI=1S/C12H20N2/c1-3-5-10-7-8-14-12(9-13)11(10)6-4-2/h7-8H,3-6,9,13H2,1-2H3. The second kappa shape index (κ2) is 5.76. The van der Waals surface area contributed by atoms with Crippen LogP contribution in [0.3, 0.4) is 0 Å². The van der Waals surface area contributed by atoms with E-state index in [0.29, 0.717) is 6.54 Å². The quantitative estimate of drug-likeness (QED) is 0.778. The van der Waals surface area contributed by atoms with Gasteiger partial charge in [0.05, 0.1) is 5.69 Å². The number of nitrogens with two attached hydrogens (primary N) is 1. The van der Waals surface area contributed by atoms with Crippen molar-refractivity contribution < 1.29 is 0 Å². The number of aromatic nitrogens is 1. The Labute approximate surface area is 86.5 Å². The summed E-state index contributed by atoms with van der Waals surface area (Å²) in [6.45, 7) is 4.97. The first-order chi connectivity index (χ1) is 6.83. The highest BCUT2D eigenvalue weighted by Gasteiger charge is 2.06. The maximum Gasteiger partial charge on any atom is 0.0574 e. The van der Waals surface area contributed by atoms with Gasteiger partial charge in [0.15, 0.2) is 0 Å². The summed E-state index contributed by atoms with van der Waals surface area (Å²) in [7, 11) is 0. The zero-order valence-electron chi connectivity index (χ0n) is 9.21. The molecule has 0 aliphatic carbocycles. The van der Waals surface area contributed by atoms with Gasteiger partial charge >= 0.3 is 0 Å². The summed E-state index contributed by atoms with van der Waals surface area (Å²) < 4.78 is 0. The second-order valence-electron chi connectivity index (χ2n) is 3.60. The zero-order valence-corrected chi connectivity index (χ0v) is 9.21. The van der Waals surface area contributed by atoms with Crippen molar-refractivity contribution in [3.63, 3.8) is 0 Å². The normalized spacial score (nSPS) is 10.5. The van der Waals surface area contributed by atoms with Crippen molar-refractivity contribution in [2.24, 2.45) is 5.73 Å². The largest absolute Gasteiger partial charge is 0.325 e. The topological polar surface area (TPSA) is 38.9 Å². The summed E-state index contributed by atoms with van der Waals surface area (Å²) in [6.07, 6.45) is 6.48. The molecule has 0 saturated heterocycles. The summed E-state index contributed by atoms with van der Waals surface area (Å²) >= 11 is 0. The molecule has 2 N–H and O–H groups in total. The molecule has 0 aromatic carbocycles. The van der Waals surface area contributed by atoms with Crippen molar-refractivity contribution in [1.29, 1.82) is 0 Å². The molecule has 1 aromatic rings. The molecule has 0 aliphatic heterocycles. The Balaban J connectivity index is 3.00. The fourth-order valence-corrected chi connectivity index (χ4v) is 1.82. The van der Waals surface area contributed by atoms with Gasteiger partial charge in [-0.3, -0.25) is 4.98 Å². The van der Waals surface area contributed by atoms with Crippen molar-refractivity contribution in [2.75, 3.05) is 0 Å². The number of hydrogen-bond donors (Lipinski definition) is 1. The summed E-state index contributed by atoms with van der Waals surface area (Å²) in [5.74, 6) is 0. The number of rotatable bonds is 5. The molecular formula is C12H20N2. The molecule has 2 heteroatoms. The number of pyridine rings is 1. The molecule has 78 valence electrons. The lowest BCUT2D eigenvalue weighted by molar-refractivity contribution is 0.820. The predicted octanol–water partition coefficient (Wildman–Crippen LogP) is 2.45. The number of nitrogens with zero attached hydrogens (tertiary/aromatic N) is 1. The molecule has 2 nitrogen and oxygen atoms in total. The molecule has 0 atom stereocenters. The highest BCUT2D eigenvalue weighted by molar-refractivity contribution is 5.30. The van der Waals surface area contributed by atoms with Crippen LogP contribution in [0.4, 0.5) is 0 Å². The predicted molar refractivity (Wildman–Crippen MR) is 60.1 cm³/mol. The average Bonchev–Trinajstić information content (AvgIpc) is 2.21. The van der Waals surface area contributed by atoms with Crippen molar-refractivity contribution in [1.82, 2.24) is 4.98 Å². The van der Waals surface area contributed by atoms with E-state index in [0.717, 1.165) is 25.0 Å². The van der Waals surface area contributed by atoms with Crippen LogP contribution in [-0.2, 0) is 19.4 Å². The lowest BCUT2D eigenvalue weighted by Gasteiger charge is -2.11. The van der Waals surface area contributed by atoms with Crippen LogP contribution in [0.5, 0.6) is 0 Å². The van der Waals surface area contributed by atoms with Crippen molar-refractivity contribution in [3.8, 4) is 0 Å². The van der Waals surface area contributed by atoms with Crippen molar-refractivity contribution >= 4 is 0 Å². The molecular weight excluding hydrogens is 172 g/mol. The van der Waals surface area contributed by atoms with Gasteiger partial charge in [0.25, 0.3) is 0 Å². The Kier molecular flexibility index (Phi) is 4.60. The molecule has 0 fully saturated rings. The Bertz CT molecular complexity index is 282. The minimum absolute atomic E-state index is 0.562. The van der Waals surface area contributed by atoms with Crippen molar-refractivity contribution in [2.45, 2.75) is 46.1 Å². The SMILES string of the molecule is CCCc1ccnc(CN)c1CCC. The third kappa shape index (κ3) is 2.55. The van der Waals surface area contributed by atoms with Crippen LogP contribution in [0.15, 0.2) is 12.3 Å². The van der Waals surface area contributed by atoms with Gasteiger partial charge in [-0.15, -0.1) is 0 Å². The van der Waals surface area contributed by atoms with Gasteiger partial charge in [0.1, 0.15) is 0 Å². The molecule has 1 heterocycles. The fourth-order valence-electron chi connectivity index (χ4n) is 1.82. The van der Waals surface area contributed by atoms with E-state index in [-0.39, 0.29) is 0 Å². The Morgan fingerprint density at radius 1 is 1.21 bits per heavy atom. The summed E-state index contributed by atoms with van der Waals surface area (Å²) in [5.41, 5.74) is 9.59. The van der Waals surface area contributed by atoms with E-state index in [2.05, 4.69) is 24.9 Å². The first-order valence-electron chi connectivity index (χ1n) is 5.49. The van der Waals surface area contributed by atoms with E-state index in [4.69, 9.17) is 5.73 Å². The molecule has 0 amide bonds. The van der Waals surface area contributed by atoms with E-state index < -0.39 is 0 Å². The maximum atomic E-state index is 5.68. The monoisotopic (exact) mass is 192 g/mol. The summed E-state index contributed by atoms with van der Waals surface area (Å²) in [6, 6.07) is 2.13. The third-order valence-corrected chi connectivity index (χ3v) is 2.45. The van der Waals surface area contributed by atoms with Crippen LogP contribution in [0, 0.1) is 0 Å². The fraction of sp³-hybridized carbons (Fsp3) is 0.583. The summed E-state index contributed by atoms with van der Waals surface area (Å²) in [5, 5.41) is 0. The molecule has 1 rings (SSSR count). The average molecular weight is 192 g/mol. The lowest BCUT2D eigenvalue weighted by atomic mass is 9.98. The molecule has 0 unspecified atom stereocenters.